The van der Waals surface area contributed by atoms with Crippen LogP contribution in [0.25, 0.3) is 0 Å². The van der Waals surface area contributed by atoms with E-state index in [2.05, 4.69) is 5.32 Å². The van der Waals surface area contributed by atoms with Gasteiger partial charge < -0.3 is 10.1 Å². The Morgan fingerprint density at radius 1 is 1.11 bits per heavy atom. The molecule has 136 valence electrons. The third kappa shape index (κ3) is 4.49. The van der Waals surface area contributed by atoms with E-state index in [0.29, 0.717) is 10.6 Å². The second-order valence-electron chi connectivity index (χ2n) is 5.26. The third-order valence-electron chi connectivity index (χ3n) is 3.44. The Labute approximate surface area is 162 Å². The van der Waals surface area contributed by atoms with Gasteiger partial charge in [-0.15, -0.1) is 11.3 Å². The normalized spacial score (nSPS) is 10.3. The molecule has 0 saturated carbocycles. The molecule has 0 bridgehead atoms. The quantitative estimate of drug-likeness (QED) is 0.286. The number of anilines is 1. The number of carbonyl (C=O) groups excluding carboxylic acids is 2. The van der Waals surface area contributed by atoms with E-state index in [4.69, 9.17) is 16.3 Å². The van der Waals surface area contributed by atoms with Gasteiger partial charge in [-0.2, -0.15) is 0 Å². The Morgan fingerprint density at radius 3 is 2.48 bits per heavy atom. The van der Waals surface area contributed by atoms with Gasteiger partial charge in [0.05, 0.1) is 9.80 Å². The van der Waals surface area contributed by atoms with Crippen LogP contribution < -0.4 is 10.1 Å². The summed E-state index contributed by atoms with van der Waals surface area (Å²) in [4.78, 5) is 35.2. The number of halogens is 1. The fourth-order valence-electron chi connectivity index (χ4n) is 2.20. The first-order valence-corrected chi connectivity index (χ1v) is 8.81. The molecule has 1 heterocycles. The molecule has 1 amide bonds. The lowest BCUT2D eigenvalue weighted by Crippen LogP contribution is -2.12. The van der Waals surface area contributed by atoms with Crippen LogP contribution in [0.15, 0.2) is 60.0 Å². The molecule has 0 saturated heterocycles. The van der Waals surface area contributed by atoms with Crippen molar-refractivity contribution in [1.82, 2.24) is 0 Å². The van der Waals surface area contributed by atoms with Crippen molar-refractivity contribution in [3.8, 4) is 5.75 Å². The Morgan fingerprint density at radius 2 is 1.85 bits per heavy atom. The molecule has 0 aliphatic carbocycles. The summed E-state index contributed by atoms with van der Waals surface area (Å²) in [6, 6.07) is 13.2. The summed E-state index contributed by atoms with van der Waals surface area (Å²) in [7, 11) is 0. The van der Waals surface area contributed by atoms with Crippen LogP contribution in [0.4, 0.5) is 11.4 Å². The number of hydrogen-bond acceptors (Lipinski definition) is 6. The number of thiophene rings is 1. The van der Waals surface area contributed by atoms with Crippen molar-refractivity contribution in [3.63, 3.8) is 0 Å². The molecular weight excluding hydrogens is 392 g/mol. The molecule has 27 heavy (non-hydrogen) atoms. The largest absolute Gasteiger partial charge is 0.423 e. The Balaban J connectivity index is 1.71. The van der Waals surface area contributed by atoms with Gasteiger partial charge in [-0.1, -0.05) is 17.7 Å². The monoisotopic (exact) mass is 402 g/mol. The average molecular weight is 403 g/mol. The highest BCUT2D eigenvalue weighted by Gasteiger charge is 2.22. The topological polar surface area (TPSA) is 98.5 Å². The standard InChI is InChI=1S/C18H11ClN2O5S/c19-11-3-8-14(15(10-11)21(24)25)18(23)26-13-6-4-12(5-7-13)20-17(22)16-2-1-9-27-16/h1-10H,(H,20,22). The molecular formula is C18H11ClN2O5S. The van der Waals surface area contributed by atoms with Crippen molar-refractivity contribution in [3.05, 3.63) is 85.6 Å². The van der Waals surface area contributed by atoms with Crippen LogP contribution in [0.2, 0.25) is 5.02 Å². The lowest BCUT2D eigenvalue weighted by atomic mass is 10.2. The minimum Gasteiger partial charge on any atom is -0.423 e. The second kappa shape index (κ2) is 7.98. The Hall–Kier alpha value is -3.23. The molecule has 3 aromatic rings. The van der Waals surface area contributed by atoms with Crippen LogP contribution >= 0.6 is 22.9 Å². The summed E-state index contributed by atoms with van der Waals surface area (Å²) >= 11 is 7.05. The van der Waals surface area contributed by atoms with Crippen molar-refractivity contribution < 1.29 is 19.2 Å². The lowest BCUT2D eigenvalue weighted by Gasteiger charge is -2.07. The van der Waals surface area contributed by atoms with Crippen LogP contribution in [-0.2, 0) is 0 Å². The first kappa shape index (κ1) is 18.6. The van der Waals surface area contributed by atoms with Gasteiger partial charge in [0.1, 0.15) is 11.3 Å². The molecule has 0 spiro atoms. The van der Waals surface area contributed by atoms with Crippen LogP contribution in [0, 0.1) is 10.1 Å². The van der Waals surface area contributed by atoms with Crippen molar-refractivity contribution in [2.45, 2.75) is 0 Å². The number of nitrogens with zero attached hydrogens (tertiary/aromatic N) is 1. The highest BCUT2D eigenvalue weighted by Crippen LogP contribution is 2.25. The maximum Gasteiger partial charge on any atom is 0.350 e. The van der Waals surface area contributed by atoms with E-state index in [1.807, 2.05) is 0 Å². The fourth-order valence-corrected chi connectivity index (χ4v) is 2.98. The van der Waals surface area contributed by atoms with Gasteiger partial charge >= 0.3 is 5.97 Å². The van der Waals surface area contributed by atoms with Gasteiger partial charge in [-0.05, 0) is 47.8 Å². The SMILES string of the molecule is O=C(Nc1ccc(OC(=O)c2ccc(Cl)cc2[N+](=O)[O-])cc1)c1cccs1. The molecule has 1 N–H and O–H groups in total. The summed E-state index contributed by atoms with van der Waals surface area (Å²) < 4.78 is 5.17. The zero-order chi connectivity index (χ0) is 19.4. The van der Waals surface area contributed by atoms with Gasteiger partial charge in [-0.3, -0.25) is 14.9 Å². The summed E-state index contributed by atoms with van der Waals surface area (Å²) in [5, 5.41) is 15.7. The van der Waals surface area contributed by atoms with Crippen LogP contribution in [0.1, 0.15) is 20.0 Å². The summed E-state index contributed by atoms with van der Waals surface area (Å²) in [5.74, 6) is -0.946. The summed E-state index contributed by atoms with van der Waals surface area (Å²) in [5.41, 5.74) is -0.127. The van der Waals surface area contributed by atoms with Crippen molar-refractivity contribution in [2.75, 3.05) is 5.32 Å². The molecule has 2 aromatic carbocycles. The van der Waals surface area contributed by atoms with Gasteiger partial charge in [0.15, 0.2) is 0 Å². The van der Waals surface area contributed by atoms with E-state index in [1.165, 1.54) is 35.6 Å². The first-order valence-electron chi connectivity index (χ1n) is 7.55. The van der Waals surface area contributed by atoms with Gasteiger partial charge in [0.25, 0.3) is 11.6 Å². The highest BCUT2D eigenvalue weighted by molar-refractivity contribution is 7.12. The van der Waals surface area contributed by atoms with E-state index in [1.54, 1.807) is 29.6 Å². The maximum absolute atomic E-state index is 12.2. The highest BCUT2D eigenvalue weighted by atomic mass is 35.5. The summed E-state index contributed by atoms with van der Waals surface area (Å²) in [6.45, 7) is 0. The summed E-state index contributed by atoms with van der Waals surface area (Å²) in [6.07, 6.45) is 0. The molecule has 0 aliphatic rings. The number of nitro benzene ring substituents is 1. The minimum absolute atomic E-state index is 0.143. The maximum atomic E-state index is 12.2. The predicted octanol–water partition coefficient (Wildman–Crippen LogP) is 4.78. The number of carbonyl (C=O) groups is 2. The zero-order valence-electron chi connectivity index (χ0n) is 13.5. The van der Waals surface area contributed by atoms with E-state index < -0.39 is 16.6 Å². The smallest absolute Gasteiger partial charge is 0.350 e. The number of nitro groups is 1. The van der Waals surface area contributed by atoms with Crippen LogP contribution in [0.5, 0.6) is 5.75 Å². The zero-order valence-corrected chi connectivity index (χ0v) is 15.1. The number of rotatable bonds is 5. The fraction of sp³-hybridized carbons (Fsp3) is 0. The number of benzene rings is 2. The Bertz CT molecular complexity index is 1000. The van der Waals surface area contributed by atoms with E-state index >= 15 is 0 Å². The van der Waals surface area contributed by atoms with E-state index in [-0.39, 0.29) is 22.2 Å². The molecule has 9 heteroatoms. The number of hydrogen-bond donors (Lipinski definition) is 1. The molecule has 3 rings (SSSR count). The van der Waals surface area contributed by atoms with Crippen LogP contribution in [0.3, 0.4) is 0 Å². The van der Waals surface area contributed by atoms with E-state index in [0.717, 1.165) is 6.07 Å². The van der Waals surface area contributed by atoms with Gasteiger partial charge in [-0.25, -0.2) is 4.79 Å². The molecule has 0 fully saturated rings. The predicted molar refractivity (Wildman–Crippen MR) is 102 cm³/mol. The van der Waals surface area contributed by atoms with Gasteiger partial charge in [0, 0.05) is 16.8 Å². The average Bonchev–Trinajstić information content (AvgIpc) is 3.18. The number of nitrogens with one attached hydrogen (secondary N) is 1. The van der Waals surface area contributed by atoms with Crippen molar-refractivity contribution in [2.24, 2.45) is 0 Å². The van der Waals surface area contributed by atoms with Crippen LogP contribution in [-0.4, -0.2) is 16.8 Å². The second-order valence-corrected chi connectivity index (χ2v) is 6.65. The lowest BCUT2D eigenvalue weighted by molar-refractivity contribution is -0.385. The number of ether oxygens (including phenoxy) is 1. The molecule has 0 radical (unpaired) electrons. The molecule has 0 unspecified atom stereocenters. The third-order valence-corrected chi connectivity index (χ3v) is 4.55. The molecule has 1 aromatic heterocycles. The Kier molecular flexibility index (Phi) is 5.49. The van der Waals surface area contributed by atoms with E-state index in [9.17, 15) is 19.7 Å². The molecule has 7 nitrogen and oxygen atoms in total. The van der Waals surface area contributed by atoms with Crippen molar-refractivity contribution in [1.29, 1.82) is 0 Å². The number of esters is 1. The van der Waals surface area contributed by atoms with Gasteiger partial charge in [0.2, 0.25) is 0 Å². The minimum atomic E-state index is -0.881. The van der Waals surface area contributed by atoms with Crippen molar-refractivity contribution >= 4 is 46.2 Å². The molecule has 0 aliphatic heterocycles. The molecule has 0 atom stereocenters. The number of amides is 1. The first-order chi connectivity index (χ1) is 12.9.